The zero-order valence-corrected chi connectivity index (χ0v) is 13.6. The van der Waals surface area contributed by atoms with E-state index in [0.717, 1.165) is 55.4 Å². The summed E-state index contributed by atoms with van der Waals surface area (Å²) in [5.41, 5.74) is 2.81. The van der Waals surface area contributed by atoms with E-state index < -0.39 is 0 Å². The standard InChI is InChI=1S/C17H20N6O/c1-2-21-12-20-15-16(21)18-11-19-17(15)23-8-6-22(7-9-23)13-4-3-5-14(24)10-13/h3-5,10-12,24H,2,6-9H2,1H3. The highest BCUT2D eigenvalue weighted by molar-refractivity contribution is 5.83. The molecule has 1 fully saturated rings. The molecule has 1 aliphatic heterocycles. The second-order valence-electron chi connectivity index (χ2n) is 5.89. The highest BCUT2D eigenvalue weighted by Gasteiger charge is 2.21. The number of anilines is 2. The van der Waals surface area contributed by atoms with E-state index in [0.29, 0.717) is 5.75 Å². The number of aromatic hydroxyl groups is 1. The van der Waals surface area contributed by atoms with Crippen molar-refractivity contribution in [2.24, 2.45) is 0 Å². The summed E-state index contributed by atoms with van der Waals surface area (Å²) >= 11 is 0. The molecule has 124 valence electrons. The molecule has 7 nitrogen and oxygen atoms in total. The van der Waals surface area contributed by atoms with E-state index in [4.69, 9.17) is 0 Å². The Morgan fingerprint density at radius 1 is 1.04 bits per heavy atom. The lowest BCUT2D eigenvalue weighted by molar-refractivity contribution is 0.475. The summed E-state index contributed by atoms with van der Waals surface area (Å²) in [6, 6.07) is 7.41. The highest BCUT2D eigenvalue weighted by atomic mass is 16.3. The number of rotatable bonds is 3. The molecule has 3 heterocycles. The number of hydrogen-bond acceptors (Lipinski definition) is 6. The van der Waals surface area contributed by atoms with Crippen LogP contribution in [-0.2, 0) is 6.54 Å². The van der Waals surface area contributed by atoms with E-state index in [9.17, 15) is 5.11 Å². The summed E-state index contributed by atoms with van der Waals surface area (Å²) in [5.74, 6) is 1.21. The summed E-state index contributed by atoms with van der Waals surface area (Å²) < 4.78 is 2.03. The predicted octanol–water partition coefficient (Wildman–Crippen LogP) is 1.88. The van der Waals surface area contributed by atoms with Crippen molar-refractivity contribution in [3.8, 4) is 5.75 Å². The van der Waals surface area contributed by atoms with Crippen molar-refractivity contribution in [3.05, 3.63) is 36.9 Å². The highest BCUT2D eigenvalue weighted by Crippen LogP contribution is 2.25. The molecule has 1 aliphatic rings. The Kier molecular flexibility index (Phi) is 3.68. The zero-order valence-electron chi connectivity index (χ0n) is 13.6. The van der Waals surface area contributed by atoms with Crippen molar-refractivity contribution in [2.45, 2.75) is 13.5 Å². The van der Waals surface area contributed by atoms with Gasteiger partial charge in [-0.15, -0.1) is 0 Å². The molecule has 0 spiro atoms. The lowest BCUT2D eigenvalue weighted by atomic mass is 10.2. The number of fused-ring (bicyclic) bond motifs is 1. The molecular formula is C17H20N6O. The van der Waals surface area contributed by atoms with Gasteiger partial charge in [0.25, 0.3) is 0 Å². The predicted molar refractivity (Wildman–Crippen MR) is 93.5 cm³/mol. The smallest absolute Gasteiger partial charge is 0.165 e. The first-order valence-corrected chi connectivity index (χ1v) is 8.21. The second kappa shape index (κ2) is 5.99. The molecule has 24 heavy (non-hydrogen) atoms. The minimum Gasteiger partial charge on any atom is -0.508 e. The topological polar surface area (TPSA) is 70.3 Å². The van der Waals surface area contributed by atoms with E-state index in [-0.39, 0.29) is 0 Å². The van der Waals surface area contributed by atoms with Crippen LogP contribution in [-0.4, -0.2) is 50.8 Å². The summed E-state index contributed by atoms with van der Waals surface area (Å²) in [7, 11) is 0. The molecule has 0 bridgehead atoms. The number of benzene rings is 1. The Morgan fingerprint density at radius 3 is 2.58 bits per heavy atom. The minimum atomic E-state index is 0.303. The molecule has 0 amide bonds. The Labute approximate surface area is 140 Å². The van der Waals surface area contributed by atoms with Gasteiger partial charge in [0.2, 0.25) is 0 Å². The van der Waals surface area contributed by atoms with Crippen molar-refractivity contribution >= 4 is 22.7 Å². The van der Waals surface area contributed by atoms with Crippen LogP contribution in [0, 0.1) is 0 Å². The normalized spacial score (nSPS) is 15.2. The number of aryl methyl sites for hydroxylation is 1. The van der Waals surface area contributed by atoms with Gasteiger partial charge in [0, 0.05) is 44.5 Å². The first-order valence-electron chi connectivity index (χ1n) is 8.21. The molecule has 1 saturated heterocycles. The lowest BCUT2D eigenvalue weighted by Crippen LogP contribution is -2.46. The van der Waals surface area contributed by atoms with Crippen LogP contribution in [0.3, 0.4) is 0 Å². The Hall–Kier alpha value is -2.83. The lowest BCUT2D eigenvalue weighted by Gasteiger charge is -2.36. The summed E-state index contributed by atoms with van der Waals surface area (Å²) in [4.78, 5) is 17.9. The molecule has 4 rings (SSSR count). The molecule has 0 saturated carbocycles. The van der Waals surface area contributed by atoms with Crippen LogP contribution in [0.1, 0.15) is 6.92 Å². The maximum Gasteiger partial charge on any atom is 0.165 e. The van der Waals surface area contributed by atoms with Crippen molar-refractivity contribution in [3.63, 3.8) is 0 Å². The van der Waals surface area contributed by atoms with Gasteiger partial charge in [-0.1, -0.05) is 6.07 Å². The number of nitrogens with zero attached hydrogens (tertiary/aromatic N) is 6. The van der Waals surface area contributed by atoms with E-state index in [1.165, 1.54) is 0 Å². The average molecular weight is 324 g/mol. The average Bonchev–Trinajstić information content (AvgIpc) is 3.05. The molecular weight excluding hydrogens is 304 g/mol. The van der Waals surface area contributed by atoms with Crippen LogP contribution in [0.15, 0.2) is 36.9 Å². The van der Waals surface area contributed by atoms with Gasteiger partial charge in [-0.2, -0.15) is 0 Å². The van der Waals surface area contributed by atoms with Crippen molar-refractivity contribution in [1.29, 1.82) is 0 Å². The minimum absolute atomic E-state index is 0.303. The number of imidazole rings is 1. The molecule has 0 aliphatic carbocycles. The van der Waals surface area contributed by atoms with Gasteiger partial charge in [0.1, 0.15) is 12.1 Å². The fraction of sp³-hybridized carbons (Fsp3) is 0.353. The molecule has 1 aromatic carbocycles. The summed E-state index contributed by atoms with van der Waals surface area (Å²) in [6.07, 6.45) is 3.44. The Morgan fingerprint density at radius 2 is 1.83 bits per heavy atom. The molecule has 7 heteroatoms. The van der Waals surface area contributed by atoms with Gasteiger partial charge < -0.3 is 19.5 Å². The van der Waals surface area contributed by atoms with E-state index in [1.54, 1.807) is 12.4 Å². The molecule has 1 N–H and O–H groups in total. The van der Waals surface area contributed by atoms with Crippen molar-refractivity contribution in [1.82, 2.24) is 19.5 Å². The SMILES string of the molecule is CCn1cnc2c(N3CCN(c4cccc(O)c4)CC3)ncnc21. The van der Waals surface area contributed by atoms with Crippen LogP contribution >= 0.6 is 0 Å². The van der Waals surface area contributed by atoms with Crippen LogP contribution in [0.2, 0.25) is 0 Å². The molecule has 0 atom stereocenters. The Bertz CT molecular complexity index is 853. The van der Waals surface area contributed by atoms with Gasteiger partial charge in [0.15, 0.2) is 17.0 Å². The zero-order chi connectivity index (χ0) is 16.5. The van der Waals surface area contributed by atoms with Crippen LogP contribution < -0.4 is 9.80 Å². The van der Waals surface area contributed by atoms with E-state index >= 15 is 0 Å². The van der Waals surface area contributed by atoms with Crippen LogP contribution in [0.25, 0.3) is 11.2 Å². The third-order valence-corrected chi connectivity index (χ3v) is 4.50. The van der Waals surface area contributed by atoms with E-state index in [2.05, 4.69) is 31.7 Å². The first-order chi connectivity index (χ1) is 11.8. The van der Waals surface area contributed by atoms with Crippen LogP contribution in [0.4, 0.5) is 11.5 Å². The number of aromatic nitrogens is 4. The van der Waals surface area contributed by atoms with Crippen molar-refractivity contribution in [2.75, 3.05) is 36.0 Å². The number of phenolic OH excluding ortho intramolecular Hbond substituents is 1. The fourth-order valence-corrected chi connectivity index (χ4v) is 3.20. The monoisotopic (exact) mass is 324 g/mol. The third kappa shape index (κ3) is 2.51. The first kappa shape index (κ1) is 14.7. The molecule has 0 radical (unpaired) electrons. The number of hydrogen-bond donors (Lipinski definition) is 1. The van der Waals surface area contributed by atoms with Crippen LogP contribution in [0.5, 0.6) is 5.75 Å². The molecule has 0 unspecified atom stereocenters. The third-order valence-electron chi connectivity index (χ3n) is 4.50. The maximum absolute atomic E-state index is 9.65. The second-order valence-corrected chi connectivity index (χ2v) is 5.89. The summed E-state index contributed by atoms with van der Waals surface area (Å²) in [6.45, 7) is 6.41. The van der Waals surface area contributed by atoms with Crippen molar-refractivity contribution < 1.29 is 5.11 Å². The van der Waals surface area contributed by atoms with Gasteiger partial charge in [-0.25, -0.2) is 15.0 Å². The summed E-state index contributed by atoms with van der Waals surface area (Å²) in [5, 5.41) is 9.65. The molecule has 3 aromatic rings. The van der Waals surface area contributed by atoms with Gasteiger partial charge in [0.05, 0.1) is 6.33 Å². The van der Waals surface area contributed by atoms with E-state index in [1.807, 2.05) is 29.1 Å². The number of piperazine rings is 1. The maximum atomic E-state index is 9.65. The fourth-order valence-electron chi connectivity index (χ4n) is 3.20. The van der Waals surface area contributed by atoms with Gasteiger partial charge >= 0.3 is 0 Å². The molecule has 2 aromatic heterocycles. The Balaban J connectivity index is 1.55. The quantitative estimate of drug-likeness (QED) is 0.793. The number of phenols is 1. The van der Waals surface area contributed by atoms with Gasteiger partial charge in [-0.05, 0) is 19.1 Å². The largest absolute Gasteiger partial charge is 0.508 e. The van der Waals surface area contributed by atoms with Gasteiger partial charge in [-0.3, -0.25) is 0 Å².